The lowest BCUT2D eigenvalue weighted by molar-refractivity contribution is 1.21. The topological polar surface area (TPSA) is 6.48 Å². The van der Waals surface area contributed by atoms with Gasteiger partial charge >= 0.3 is 0 Å². The van der Waals surface area contributed by atoms with Crippen molar-refractivity contribution in [1.29, 1.82) is 0 Å². The highest BCUT2D eigenvalue weighted by molar-refractivity contribution is 5.80. The molecule has 0 saturated carbocycles. The number of rotatable bonds is 8. The Morgan fingerprint density at radius 2 is 0.600 bits per heavy atom. The molecule has 7 aromatic carbocycles. The van der Waals surface area contributed by atoms with E-state index < -0.39 is 0 Å². The maximum absolute atomic E-state index is 2.31. The summed E-state index contributed by atoms with van der Waals surface area (Å²) in [4.78, 5) is 4.54. The Morgan fingerprint density at radius 1 is 0.267 bits per heavy atom. The van der Waals surface area contributed by atoms with Gasteiger partial charge in [-0.25, -0.2) is 0 Å². The van der Waals surface area contributed by atoms with Gasteiger partial charge in [0.15, 0.2) is 0 Å². The van der Waals surface area contributed by atoms with Crippen LogP contribution in [-0.4, -0.2) is 7.05 Å². The van der Waals surface area contributed by atoms with E-state index >= 15 is 0 Å². The molecule has 0 aliphatic heterocycles. The zero-order chi connectivity index (χ0) is 30.4. The molecule has 0 aromatic heterocycles. The number of para-hydroxylation sites is 1. The Bertz CT molecular complexity index is 1970. The van der Waals surface area contributed by atoms with Crippen LogP contribution in [0.4, 0.5) is 28.4 Å². The summed E-state index contributed by atoms with van der Waals surface area (Å²) in [5, 5.41) is 0. The number of benzene rings is 7. The minimum atomic E-state index is 1.12. The highest BCUT2D eigenvalue weighted by Crippen LogP contribution is 2.37. The van der Waals surface area contributed by atoms with E-state index in [9.17, 15) is 0 Å². The summed E-state index contributed by atoms with van der Waals surface area (Å²) in [6, 6.07) is 66.7. The standard InChI is InChI=1S/C43H34N2/c1-44(43-19-11-16-38(32-43)34-14-7-3-8-15-34)39-26-20-36(21-27-39)37-24-30-42(31-25-37)45(40-17-9-4-10-18-40)41-28-22-35(23-29-41)33-12-5-2-6-13-33/h2-32H,1H3. The Balaban J connectivity index is 1.13. The maximum Gasteiger partial charge on any atom is 0.0462 e. The molecule has 0 aliphatic carbocycles. The Kier molecular flexibility index (Phi) is 7.94. The summed E-state index contributed by atoms with van der Waals surface area (Å²) in [5.41, 5.74) is 12.9. The fourth-order valence-electron chi connectivity index (χ4n) is 5.81. The molecule has 0 bridgehead atoms. The third-order valence-corrected chi connectivity index (χ3v) is 8.30. The summed E-state index contributed by atoms with van der Waals surface area (Å²) < 4.78 is 0. The average Bonchev–Trinajstić information content (AvgIpc) is 3.13. The normalized spacial score (nSPS) is 10.8. The number of nitrogens with zero attached hydrogens (tertiary/aromatic N) is 2. The van der Waals surface area contributed by atoms with Crippen LogP contribution in [0.5, 0.6) is 0 Å². The molecule has 0 fully saturated rings. The molecule has 0 heterocycles. The second kappa shape index (κ2) is 12.8. The quantitative estimate of drug-likeness (QED) is 0.177. The predicted octanol–water partition coefficient (Wildman–Crippen LogP) is 11.9. The number of anilines is 5. The summed E-state index contributed by atoms with van der Waals surface area (Å²) in [7, 11) is 2.12. The van der Waals surface area contributed by atoms with Crippen molar-refractivity contribution in [2.45, 2.75) is 0 Å². The fourth-order valence-corrected chi connectivity index (χ4v) is 5.81. The van der Waals surface area contributed by atoms with E-state index in [4.69, 9.17) is 0 Å². The van der Waals surface area contributed by atoms with Crippen molar-refractivity contribution in [2.24, 2.45) is 0 Å². The van der Waals surface area contributed by atoms with Crippen molar-refractivity contribution in [3.63, 3.8) is 0 Å². The molecular weight excluding hydrogens is 544 g/mol. The van der Waals surface area contributed by atoms with Gasteiger partial charge in [0.1, 0.15) is 0 Å². The van der Waals surface area contributed by atoms with E-state index in [2.05, 4.69) is 205 Å². The largest absolute Gasteiger partial charge is 0.345 e. The fraction of sp³-hybridized carbons (Fsp3) is 0.0233. The summed E-state index contributed by atoms with van der Waals surface area (Å²) in [6.45, 7) is 0. The molecule has 0 radical (unpaired) electrons. The third-order valence-electron chi connectivity index (χ3n) is 8.30. The zero-order valence-electron chi connectivity index (χ0n) is 25.3. The van der Waals surface area contributed by atoms with Crippen LogP contribution in [-0.2, 0) is 0 Å². The zero-order valence-corrected chi connectivity index (χ0v) is 25.3. The first-order chi connectivity index (χ1) is 22.2. The van der Waals surface area contributed by atoms with Gasteiger partial charge in [0.2, 0.25) is 0 Å². The average molecular weight is 579 g/mol. The molecule has 7 aromatic rings. The monoisotopic (exact) mass is 578 g/mol. The van der Waals surface area contributed by atoms with Crippen molar-refractivity contribution in [1.82, 2.24) is 0 Å². The second-order valence-electron chi connectivity index (χ2n) is 11.2. The van der Waals surface area contributed by atoms with Crippen LogP contribution in [0.1, 0.15) is 0 Å². The minimum absolute atomic E-state index is 1.12. The van der Waals surface area contributed by atoms with Gasteiger partial charge in [-0.2, -0.15) is 0 Å². The van der Waals surface area contributed by atoms with Crippen LogP contribution < -0.4 is 9.80 Å². The van der Waals surface area contributed by atoms with Gasteiger partial charge in [0.25, 0.3) is 0 Å². The van der Waals surface area contributed by atoms with Crippen LogP contribution >= 0.6 is 0 Å². The van der Waals surface area contributed by atoms with Crippen LogP contribution in [0.2, 0.25) is 0 Å². The highest BCUT2D eigenvalue weighted by atomic mass is 15.1. The van der Waals surface area contributed by atoms with Crippen LogP contribution in [0.25, 0.3) is 33.4 Å². The van der Waals surface area contributed by atoms with Gasteiger partial charge in [-0.1, -0.05) is 127 Å². The van der Waals surface area contributed by atoms with Crippen molar-refractivity contribution in [3.8, 4) is 33.4 Å². The smallest absolute Gasteiger partial charge is 0.0462 e. The second-order valence-corrected chi connectivity index (χ2v) is 11.2. The van der Waals surface area contributed by atoms with Gasteiger partial charge in [0.05, 0.1) is 0 Å². The number of hydrogen-bond donors (Lipinski definition) is 0. The first-order valence-electron chi connectivity index (χ1n) is 15.3. The lowest BCUT2D eigenvalue weighted by atomic mass is 10.0. The molecule has 7 rings (SSSR count). The first kappa shape index (κ1) is 27.9. The van der Waals surface area contributed by atoms with E-state index in [1.807, 2.05) is 0 Å². The van der Waals surface area contributed by atoms with E-state index in [1.165, 1.54) is 33.4 Å². The van der Waals surface area contributed by atoms with Gasteiger partial charge in [-0.3, -0.25) is 0 Å². The van der Waals surface area contributed by atoms with Gasteiger partial charge in [-0.05, 0) is 94.0 Å². The van der Waals surface area contributed by atoms with Crippen molar-refractivity contribution < 1.29 is 0 Å². The molecule has 0 spiro atoms. The molecule has 2 nitrogen and oxygen atoms in total. The van der Waals surface area contributed by atoms with Crippen LogP contribution in [0, 0.1) is 0 Å². The van der Waals surface area contributed by atoms with Crippen LogP contribution in [0.3, 0.4) is 0 Å². The lowest BCUT2D eigenvalue weighted by Gasteiger charge is -2.26. The Labute approximate surface area is 266 Å². The summed E-state index contributed by atoms with van der Waals surface area (Å²) in [5.74, 6) is 0. The summed E-state index contributed by atoms with van der Waals surface area (Å²) in [6.07, 6.45) is 0. The molecule has 0 amide bonds. The lowest BCUT2D eigenvalue weighted by Crippen LogP contribution is -2.09. The van der Waals surface area contributed by atoms with Crippen molar-refractivity contribution in [2.75, 3.05) is 16.8 Å². The molecule has 0 aliphatic rings. The van der Waals surface area contributed by atoms with E-state index in [1.54, 1.807) is 0 Å². The SMILES string of the molecule is CN(c1ccc(-c2ccc(N(c3ccccc3)c3ccc(-c4ccccc4)cc3)cc2)cc1)c1cccc(-c2ccccc2)c1. The van der Waals surface area contributed by atoms with E-state index in [0.29, 0.717) is 0 Å². The van der Waals surface area contributed by atoms with Crippen molar-refractivity contribution in [3.05, 3.63) is 188 Å². The Morgan fingerprint density at radius 3 is 1.09 bits per heavy atom. The minimum Gasteiger partial charge on any atom is -0.345 e. The van der Waals surface area contributed by atoms with Gasteiger partial charge in [0, 0.05) is 35.5 Å². The van der Waals surface area contributed by atoms with E-state index in [0.717, 1.165) is 28.4 Å². The molecule has 0 unspecified atom stereocenters. The molecule has 0 atom stereocenters. The number of hydrogen-bond acceptors (Lipinski definition) is 2. The first-order valence-corrected chi connectivity index (χ1v) is 15.3. The van der Waals surface area contributed by atoms with Crippen molar-refractivity contribution >= 4 is 28.4 Å². The molecule has 0 saturated heterocycles. The van der Waals surface area contributed by atoms with Gasteiger partial charge in [-0.15, -0.1) is 0 Å². The Hall–Kier alpha value is -5.86. The molecule has 45 heavy (non-hydrogen) atoms. The third kappa shape index (κ3) is 6.13. The maximum atomic E-state index is 2.31. The van der Waals surface area contributed by atoms with E-state index in [-0.39, 0.29) is 0 Å². The highest BCUT2D eigenvalue weighted by Gasteiger charge is 2.13. The van der Waals surface area contributed by atoms with Crippen LogP contribution in [0.15, 0.2) is 188 Å². The molecular formula is C43H34N2. The summed E-state index contributed by atoms with van der Waals surface area (Å²) >= 11 is 0. The predicted molar refractivity (Wildman–Crippen MR) is 192 cm³/mol. The molecule has 216 valence electrons. The van der Waals surface area contributed by atoms with Gasteiger partial charge < -0.3 is 9.80 Å². The molecule has 2 heteroatoms. The molecule has 0 N–H and O–H groups in total.